The summed E-state index contributed by atoms with van der Waals surface area (Å²) in [5.74, 6) is 0.612. The van der Waals surface area contributed by atoms with Gasteiger partial charge in [0.1, 0.15) is 16.3 Å². The minimum Gasteiger partial charge on any atom is -0.494 e. The van der Waals surface area contributed by atoms with Crippen LogP contribution in [-0.2, 0) is 10.0 Å². The highest BCUT2D eigenvalue weighted by atomic mass is 35.5. The van der Waals surface area contributed by atoms with Gasteiger partial charge >= 0.3 is 0 Å². The van der Waals surface area contributed by atoms with E-state index in [4.69, 9.17) is 10.5 Å². The van der Waals surface area contributed by atoms with E-state index >= 15 is 0 Å². The van der Waals surface area contributed by atoms with Gasteiger partial charge in [0, 0.05) is 6.54 Å². The summed E-state index contributed by atoms with van der Waals surface area (Å²) in [6, 6.07) is 7.24. The molecule has 0 amide bonds. The van der Waals surface area contributed by atoms with E-state index in [1.54, 1.807) is 19.2 Å². The van der Waals surface area contributed by atoms with E-state index in [9.17, 15) is 8.42 Å². The first-order valence-corrected chi connectivity index (χ1v) is 7.94. The fraction of sp³-hybridized carbons (Fsp3) is 0.308. The lowest BCUT2D eigenvalue weighted by molar-refractivity contribution is 0.411. The van der Waals surface area contributed by atoms with Crippen LogP contribution in [0.5, 0.6) is 5.75 Å². The molecule has 0 saturated carbocycles. The highest BCUT2D eigenvalue weighted by Gasteiger charge is 2.17. The summed E-state index contributed by atoms with van der Waals surface area (Å²) in [6.07, 6.45) is 3.33. The van der Waals surface area contributed by atoms with Gasteiger partial charge in [0.25, 0.3) is 0 Å². The Bertz CT molecular complexity index is 703. The second-order valence-corrected chi connectivity index (χ2v) is 6.10. The number of nitrogens with one attached hydrogen (secondary N) is 1. The molecule has 9 heteroatoms. The highest BCUT2D eigenvalue weighted by Crippen LogP contribution is 2.22. The normalized spacial score (nSPS) is 11.0. The first kappa shape index (κ1) is 18.4. The third-order valence-corrected chi connectivity index (χ3v) is 4.29. The summed E-state index contributed by atoms with van der Waals surface area (Å²) in [7, 11) is -2.02. The van der Waals surface area contributed by atoms with Gasteiger partial charge in [-0.1, -0.05) is 12.1 Å². The fourth-order valence-electron chi connectivity index (χ4n) is 1.79. The number of aromatic nitrogens is 2. The van der Waals surface area contributed by atoms with Gasteiger partial charge in [-0.25, -0.2) is 17.8 Å². The molecule has 0 atom stereocenters. The second-order valence-electron chi connectivity index (χ2n) is 4.33. The molecule has 0 aliphatic rings. The SMILES string of the molecule is COc1ccccc1-n1cc(S(=O)(=O)NCCCN)cn1.Cl. The first-order valence-electron chi connectivity index (χ1n) is 6.46. The molecule has 7 nitrogen and oxygen atoms in total. The molecule has 2 rings (SSSR count). The van der Waals surface area contributed by atoms with Crippen molar-refractivity contribution in [2.24, 2.45) is 5.73 Å². The summed E-state index contributed by atoms with van der Waals surface area (Å²) in [6.45, 7) is 0.738. The van der Waals surface area contributed by atoms with Crippen LogP contribution in [-0.4, -0.2) is 38.4 Å². The summed E-state index contributed by atoms with van der Waals surface area (Å²) >= 11 is 0. The van der Waals surface area contributed by atoms with E-state index in [1.807, 2.05) is 12.1 Å². The Morgan fingerprint density at radius 3 is 2.77 bits per heavy atom. The molecule has 1 heterocycles. The van der Waals surface area contributed by atoms with Crippen LogP contribution >= 0.6 is 12.4 Å². The van der Waals surface area contributed by atoms with Gasteiger partial charge in [-0.3, -0.25) is 0 Å². The summed E-state index contributed by atoms with van der Waals surface area (Å²) in [4.78, 5) is 0.102. The summed E-state index contributed by atoms with van der Waals surface area (Å²) < 4.78 is 33.3. The van der Waals surface area contributed by atoms with Crippen molar-refractivity contribution < 1.29 is 13.2 Å². The predicted octanol–water partition coefficient (Wildman–Crippen LogP) is 0.930. The van der Waals surface area contributed by atoms with E-state index < -0.39 is 10.0 Å². The average Bonchev–Trinajstić information content (AvgIpc) is 2.98. The fourth-order valence-corrected chi connectivity index (χ4v) is 2.79. The highest BCUT2D eigenvalue weighted by molar-refractivity contribution is 7.89. The zero-order valence-electron chi connectivity index (χ0n) is 12.1. The zero-order chi connectivity index (χ0) is 15.3. The molecule has 0 saturated heterocycles. The van der Waals surface area contributed by atoms with Crippen LogP contribution in [0.1, 0.15) is 6.42 Å². The molecule has 2 aromatic rings. The van der Waals surface area contributed by atoms with Crippen molar-refractivity contribution in [3.8, 4) is 11.4 Å². The van der Waals surface area contributed by atoms with E-state index in [0.29, 0.717) is 30.9 Å². The second kappa shape index (κ2) is 8.14. The maximum absolute atomic E-state index is 12.1. The van der Waals surface area contributed by atoms with Gasteiger partial charge in [-0.05, 0) is 25.1 Å². The molecule has 0 bridgehead atoms. The van der Waals surface area contributed by atoms with Crippen molar-refractivity contribution in [2.75, 3.05) is 20.2 Å². The Kier molecular flexibility index (Phi) is 6.82. The maximum atomic E-state index is 12.1. The van der Waals surface area contributed by atoms with Crippen LogP contribution < -0.4 is 15.2 Å². The van der Waals surface area contributed by atoms with Crippen molar-refractivity contribution in [1.82, 2.24) is 14.5 Å². The first-order chi connectivity index (χ1) is 10.1. The Morgan fingerprint density at radius 2 is 2.09 bits per heavy atom. The smallest absolute Gasteiger partial charge is 0.243 e. The molecular formula is C13H19ClN4O3S. The van der Waals surface area contributed by atoms with E-state index in [2.05, 4.69) is 9.82 Å². The summed E-state index contributed by atoms with van der Waals surface area (Å²) in [5.41, 5.74) is 6.01. The van der Waals surface area contributed by atoms with Crippen molar-refractivity contribution >= 4 is 22.4 Å². The number of benzene rings is 1. The number of halogens is 1. The number of ether oxygens (including phenoxy) is 1. The minimum absolute atomic E-state index is 0. The number of nitrogens with two attached hydrogens (primary N) is 1. The zero-order valence-corrected chi connectivity index (χ0v) is 13.7. The number of hydrogen-bond acceptors (Lipinski definition) is 5. The van der Waals surface area contributed by atoms with Gasteiger partial charge in [0.05, 0.1) is 19.5 Å². The Balaban J connectivity index is 0.00000242. The van der Waals surface area contributed by atoms with E-state index in [0.717, 1.165) is 0 Å². The predicted molar refractivity (Wildman–Crippen MR) is 86.2 cm³/mol. The average molecular weight is 347 g/mol. The molecule has 0 fully saturated rings. The van der Waals surface area contributed by atoms with Gasteiger partial charge in [0.2, 0.25) is 10.0 Å². The van der Waals surface area contributed by atoms with Crippen LogP contribution in [0.3, 0.4) is 0 Å². The lowest BCUT2D eigenvalue weighted by Crippen LogP contribution is -2.25. The van der Waals surface area contributed by atoms with Crippen LogP contribution in [0.25, 0.3) is 5.69 Å². The molecule has 1 aromatic heterocycles. The van der Waals surface area contributed by atoms with Gasteiger partial charge in [-0.15, -0.1) is 12.4 Å². The van der Waals surface area contributed by atoms with Gasteiger partial charge in [0.15, 0.2) is 0 Å². The molecule has 0 aliphatic heterocycles. The Hall–Kier alpha value is -1.61. The molecule has 3 N–H and O–H groups in total. The summed E-state index contributed by atoms with van der Waals surface area (Å²) in [5, 5.41) is 4.08. The van der Waals surface area contributed by atoms with E-state index in [-0.39, 0.29) is 17.3 Å². The Morgan fingerprint density at radius 1 is 1.36 bits per heavy atom. The number of hydrogen-bond donors (Lipinski definition) is 2. The van der Waals surface area contributed by atoms with Gasteiger partial charge < -0.3 is 10.5 Å². The lowest BCUT2D eigenvalue weighted by Gasteiger charge is -2.07. The molecular weight excluding hydrogens is 328 g/mol. The van der Waals surface area contributed by atoms with Crippen molar-refractivity contribution in [2.45, 2.75) is 11.3 Å². The maximum Gasteiger partial charge on any atom is 0.243 e. The minimum atomic E-state index is -3.57. The number of nitrogens with zero attached hydrogens (tertiary/aromatic N) is 2. The largest absolute Gasteiger partial charge is 0.494 e. The van der Waals surface area contributed by atoms with Crippen LogP contribution in [0.15, 0.2) is 41.6 Å². The van der Waals surface area contributed by atoms with Crippen LogP contribution in [0.2, 0.25) is 0 Å². The van der Waals surface area contributed by atoms with Crippen molar-refractivity contribution in [1.29, 1.82) is 0 Å². The number of methoxy groups -OCH3 is 1. The molecule has 0 spiro atoms. The number of rotatable bonds is 7. The molecule has 0 aliphatic carbocycles. The van der Waals surface area contributed by atoms with E-state index in [1.165, 1.54) is 17.1 Å². The molecule has 0 unspecified atom stereocenters. The molecule has 1 aromatic carbocycles. The third kappa shape index (κ3) is 4.20. The van der Waals surface area contributed by atoms with Crippen LogP contribution in [0.4, 0.5) is 0 Å². The molecule has 122 valence electrons. The monoisotopic (exact) mass is 346 g/mol. The van der Waals surface area contributed by atoms with Crippen LogP contribution in [0, 0.1) is 0 Å². The number of para-hydroxylation sites is 2. The molecule has 0 radical (unpaired) electrons. The lowest BCUT2D eigenvalue weighted by atomic mass is 10.3. The number of sulfonamides is 1. The topological polar surface area (TPSA) is 99.2 Å². The third-order valence-electron chi connectivity index (χ3n) is 2.87. The van der Waals surface area contributed by atoms with Crippen molar-refractivity contribution in [3.05, 3.63) is 36.7 Å². The molecule has 22 heavy (non-hydrogen) atoms. The standard InChI is InChI=1S/C13H18N4O3S.ClH/c1-20-13-6-3-2-5-12(13)17-10-11(9-15-17)21(18,19)16-8-4-7-14;/h2-3,5-6,9-10,16H,4,7-8,14H2,1H3;1H. The van der Waals surface area contributed by atoms with Gasteiger partial charge in [-0.2, -0.15) is 5.10 Å². The Labute approximate surface area is 135 Å². The van der Waals surface area contributed by atoms with Crippen molar-refractivity contribution in [3.63, 3.8) is 0 Å². The quantitative estimate of drug-likeness (QED) is 0.726.